The van der Waals surface area contributed by atoms with Gasteiger partial charge in [0.1, 0.15) is 11.5 Å². The Balaban J connectivity index is 1.48. The Hall–Kier alpha value is -2.44. The average Bonchev–Trinajstić information content (AvgIpc) is 2.74. The topological polar surface area (TPSA) is 54.0 Å². The highest BCUT2D eigenvalue weighted by atomic mass is 35.5. The van der Waals surface area contributed by atoms with Crippen molar-refractivity contribution in [1.82, 2.24) is 4.90 Å². The van der Waals surface area contributed by atoms with Gasteiger partial charge in [0.2, 0.25) is 5.91 Å². The van der Waals surface area contributed by atoms with Crippen molar-refractivity contribution in [1.29, 1.82) is 0 Å². The maximum Gasteiger partial charge on any atom is 0.225 e. The second-order valence-corrected chi connectivity index (χ2v) is 7.31. The number of ether oxygens (including phenoxy) is 2. The molecular weight excluding hydrogens is 390 g/mol. The fraction of sp³-hybridized carbons (Fsp3) is 0.409. The number of para-hydroxylation sites is 2. The molecule has 1 aliphatic rings. The number of nitrogens with one attached hydrogen (secondary N) is 1. The van der Waals surface area contributed by atoms with E-state index < -0.39 is 0 Å². The minimum absolute atomic E-state index is 0.0466. The lowest BCUT2D eigenvalue weighted by Crippen LogP contribution is -2.47. The minimum atomic E-state index is -0.0466. The van der Waals surface area contributed by atoms with Gasteiger partial charge in [-0.3, -0.25) is 9.69 Å². The molecule has 29 heavy (non-hydrogen) atoms. The molecule has 2 aromatic rings. The van der Waals surface area contributed by atoms with Gasteiger partial charge >= 0.3 is 0 Å². The third-order valence-corrected chi connectivity index (χ3v) is 5.20. The number of hydrogen-bond donors (Lipinski definition) is 1. The second kappa shape index (κ2) is 10.4. The summed E-state index contributed by atoms with van der Waals surface area (Å²) in [6.45, 7) is 7.02. The zero-order valence-electron chi connectivity index (χ0n) is 17.0. The number of rotatable bonds is 8. The molecule has 1 fully saturated rings. The van der Waals surface area contributed by atoms with E-state index >= 15 is 0 Å². The first-order chi connectivity index (χ1) is 14.1. The Kier molecular flexibility index (Phi) is 7.61. The van der Waals surface area contributed by atoms with Crippen LogP contribution in [0.25, 0.3) is 0 Å². The number of piperazine rings is 1. The van der Waals surface area contributed by atoms with E-state index in [1.807, 2.05) is 25.1 Å². The Morgan fingerprint density at radius 1 is 1.10 bits per heavy atom. The van der Waals surface area contributed by atoms with E-state index in [0.29, 0.717) is 29.5 Å². The zero-order valence-corrected chi connectivity index (χ0v) is 17.7. The molecular formula is C22H28ClN3O3. The van der Waals surface area contributed by atoms with Gasteiger partial charge in [0, 0.05) is 44.2 Å². The number of nitrogens with zero attached hydrogens (tertiary/aromatic N) is 2. The van der Waals surface area contributed by atoms with Gasteiger partial charge in [-0.1, -0.05) is 23.7 Å². The van der Waals surface area contributed by atoms with Crippen molar-refractivity contribution >= 4 is 28.9 Å². The summed E-state index contributed by atoms with van der Waals surface area (Å²) in [4.78, 5) is 17.0. The fourth-order valence-corrected chi connectivity index (χ4v) is 3.63. The molecule has 0 unspecified atom stereocenters. The maximum atomic E-state index is 12.4. The summed E-state index contributed by atoms with van der Waals surface area (Å²) in [5.41, 5.74) is 1.74. The number of benzene rings is 2. The molecule has 0 bridgehead atoms. The van der Waals surface area contributed by atoms with Gasteiger partial charge in [-0.05, 0) is 37.3 Å². The third kappa shape index (κ3) is 5.78. The number of carbonyl (C=O) groups excluding carboxylic acids is 1. The first kappa shape index (κ1) is 21.3. The lowest BCUT2D eigenvalue weighted by molar-refractivity contribution is -0.116. The molecule has 6 nitrogen and oxygen atoms in total. The highest BCUT2D eigenvalue weighted by Gasteiger charge is 2.20. The molecule has 2 aromatic carbocycles. The van der Waals surface area contributed by atoms with Gasteiger partial charge in [-0.2, -0.15) is 0 Å². The first-order valence-corrected chi connectivity index (χ1v) is 10.3. The van der Waals surface area contributed by atoms with Crippen LogP contribution < -0.4 is 19.7 Å². The van der Waals surface area contributed by atoms with Gasteiger partial charge in [0.15, 0.2) is 0 Å². The molecule has 1 heterocycles. The largest absolute Gasteiger partial charge is 0.495 e. The van der Waals surface area contributed by atoms with Crippen LogP contribution in [0, 0.1) is 0 Å². The summed E-state index contributed by atoms with van der Waals surface area (Å²) >= 11 is 6.02. The second-order valence-electron chi connectivity index (χ2n) is 6.87. The van der Waals surface area contributed by atoms with Crippen LogP contribution in [0.1, 0.15) is 13.3 Å². The van der Waals surface area contributed by atoms with Crippen molar-refractivity contribution in [2.45, 2.75) is 13.3 Å². The summed E-state index contributed by atoms with van der Waals surface area (Å²) in [5, 5.41) is 3.46. The van der Waals surface area contributed by atoms with E-state index in [2.05, 4.69) is 21.2 Å². The molecule has 1 saturated heterocycles. The standard InChI is InChI=1S/C22H28ClN3O3/c1-3-29-21-7-5-4-6-19(21)26-14-12-25(13-15-26)11-10-22(27)24-18-16-17(23)8-9-20(18)28-2/h4-9,16H,3,10-15H2,1-2H3,(H,24,27). The smallest absolute Gasteiger partial charge is 0.225 e. The molecule has 1 aliphatic heterocycles. The lowest BCUT2D eigenvalue weighted by Gasteiger charge is -2.36. The van der Waals surface area contributed by atoms with Crippen molar-refractivity contribution in [2.75, 3.05) is 56.7 Å². The first-order valence-electron chi connectivity index (χ1n) is 9.93. The van der Waals surface area contributed by atoms with Crippen LogP contribution in [0.2, 0.25) is 5.02 Å². The monoisotopic (exact) mass is 417 g/mol. The Bertz CT molecular complexity index is 823. The summed E-state index contributed by atoms with van der Waals surface area (Å²) in [5.74, 6) is 1.48. The van der Waals surface area contributed by atoms with Crippen LogP contribution in [0.5, 0.6) is 11.5 Å². The number of anilines is 2. The van der Waals surface area contributed by atoms with Gasteiger partial charge in [0.25, 0.3) is 0 Å². The predicted octanol–water partition coefficient (Wildman–Crippen LogP) is 3.90. The molecule has 0 atom stereocenters. The molecule has 0 aromatic heterocycles. The van der Waals surface area contributed by atoms with Crippen LogP contribution in [0.4, 0.5) is 11.4 Å². The lowest BCUT2D eigenvalue weighted by atomic mass is 10.2. The summed E-state index contributed by atoms with van der Waals surface area (Å²) in [7, 11) is 1.57. The van der Waals surface area contributed by atoms with Gasteiger partial charge < -0.3 is 19.7 Å². The molecule has 3 rings (SSSR count). The Labute approximate surface area is 177 Å². The van der Waals surface area contributed by atoms with Crippen LogP contribution in [0.3, 0.4) is 0 Å². The van der Waals surface area contributed by atoms with E-state index in [0.717, 1.165) is 44.2 Å². The zero-order chi connectivity index (χ0) is 20.6. The SMILES string of the molecule is CCOc1ccccc1N1CCN(CCC(=O)Nc2cc(Cl)ccc2OC)CC1. The van der Waals surface area contributed by atoms with Crippen LogP contribution in [-0.4, -0.2) is 57.2 Å². The van der Waals surface area contributed by atoms with Crippen LogP contribution in [-0.2, 0) is 4.79 Å². The predicted molar refractivity (Wildman–Crippen MR) is 118 cm³/mol. The number of carbonyl (C=O) groups is 1. The number of amides is 1. The van der Waals surface area contributed by atoms with E-state index in [-0.39, 0.29) is 5.91 Å². The van der Waals surface area contributed by atoms with E-state index in [9.17, 15) is 4.79 Å². The number of hydrogen-bond acceptors (Lipinski definition) is 5. The minimum Gasteiger partial charge on any atom is -0.495 e. The number of methoxy groups -OCH3 is 1. The number of halogens is 1. The molecule has 0 saturated carbocycles. The summed E-state index contributed by atoms with van der Waals surface area (Å²) in [6, 6.07) is 13.3. The fourth-order valence-electron chi connectivity index (χ4n) is 3.46. The van der Waals surface area contributed by atoms with E-state index in [4.69, 9.17) is 21.1 Å². The maximum absolute atomic E-state index is 12.4. The van der Waals surface area contributed by atoms with Gasteiger partial charge in [0.05, 0.1) is 25.1 Å². The third-order valence-electron chi connectivity index (χ3n) is 4.97. The molecule has 1 amide bonds. The van der Waals surface area contributed by atoms with Crippen molar-refractivity contribution in [3.8, 4) is 11.5 Å². The molecule has 0 aliphatic carbocycles. The molecule has 7 heteroatoms. The molecule has 0 radical (unpaired) electrons. The molecule has 0 spiro atoms. The average molecular weight is 418 g/mol. The highest BCUT2D eigenvalue weighted by Crippen LogP contribution is 2.29. The van der Waals surface area contributed by atoms with Crippen LogP contribution >= 0.6 is 11.6 Å². The summed E-state index contributed by atoms with van der Waals surface area (Å²) in [6.07, 6.45) is 0.422. The van der Waals surface area contributed by atoms with Crippen molar-refractivity contribution in [3.05, 3.63) is 47.5 Å². The molecule has 1 N–H and O–H groups in total. The van der Waals surface area contributed by atoms with E-state index in [1.54, 1.807) is 25.3 Å². The normalized spacial score (nSPS) is 14.5. The van der Waals surface area contributed by atoms with E-state index in [1.165, 1.54) is 0 Å². The quantitative estimate of drug-likeness (QED) is 0.706. The Morgan fingerprint density at radius 3 is 2.59 bits per heavy atom. The highest BCUT2D eigenvalue weighted by molar-refractivity contribution is 6.31. The van der Waals surface area contributed by atoms with Crippen molar-refractivity contribution < 1.29 is 14.3 Å². The van der Waals surface area contributed by atoms with Crippen LogP contribution in [0.15, 0.2) is 42.5 Å². The Morgan fingerprint density at radius 2 is 1.86 bits per heavy atom. The van der Waals surface area contributed by atoms with Crippen molar-refractivity contribution in [2.24, 2.45) is 0 Å². The van der Waals surface area contributed by atoms with Gasteiger partial charge in [-0.25, -0.2) is 0 Å². The molecule has 156 valence electrons. The van der Waals surface area contributed by atoms with Crippen molar-refractivity contribution in [3.63, 3.8) is 0 Å². The summed E-state index contributed by atoms with van der Waals surface area (Å²) < 4.78 is 11.0. The van der Waals surface area contributed by atoms with Gasteiger partial charge in [-0.15, -0.1) is 0 Å².